The van der Waals surface area contributed by atoms with Crippen molar-refractivity contribution in [2.75, 3.05) is 13.6 Å². The minimum Gasteiger partial charge on any atom is -0.336 e. The van der Waals surface area contributed by atoms with Gasteiger partial charge in [0.1, 0.15) is 11.9 Å². The molecule has 0 radical (unpaired) electrons. The van der Waals surface area contributed by atoms with Gasteiger partial charge in [0.25, 0.3) is 11.5 Å². The molecular formula is C20H20N4O3S. The number of carbonyl (C=O) groups is 2. The maximum absolute atomic E-state index is 13.0. The van der Waals surface area contributed by atoms with Gasteiger partial charge in [-0.25, -0.2) is 4.98 Å². The topological polar surface area (TPSA) is 86.4 Å². The summed E-state index contributed by atoms with van der Waals surface area (Å²) in [6.07, 6.45) is 1.44. The van der Waals surface area contributed by atoms with Gasteiger partial charge in [0.2, 0.25) is 5.91 Å². The molecule has 1 N–H and O–H groups in total. The summed E-state index contributed by atoms with van der Waals surface area (Å²) >= 11 is 1.38. The highest BCUT2D eigenvalue weighted by Crippen LogP contribution is 2.23. The predicted molar refractivity (Wildman–Crippen MR) is 107 cm³/mol. The molecule has 1 fully saturated rings. The van der Waals surface area contributed by atoms with Crippen LogP contribution in [-0.2, 0) is 11.3 Å². The molecule has 0 aliphatic carbocycles. The number of aromatic nitrogens is 2. The van der Waals surface area contributed by atoms with Gasteiger partial charge in [0, 0.05) is 13.6 Å². The molecule has 1 saturated heterocycles. The zero-order valence-corrected chi connectivity index (χ0v) is 16.2. The summed E-state index contributed by atoms with van der Waals surface area (Å²) in [7, 11) is 1.67. The lowest BCUT2D eigenvalue weighted by Crippen LogP contribution is -2.46. The van der Waals surface area contributed by atoms with Crippen molar-refractivity contribution in [1.29, 1.82) is 0 Å². The first-order chi connectivity index (χ1) is 13.5. The third kappa shape index (κ3) is 3.43. The molecule has 3 aromatic rings. The fourth-order valence-electron chi connectivity index (χ4n) is 3.58. The van der Waals surface area contributed by atoms with E-state index in [1.165, 1.54) is 16.2 Å². The van der Waals surface area contributed by atoms with Crippen LogP contribution in [0.25, 0.3) is 10.9 Å². The Kier molecular flexibility index (Phi) is 4.95. The van der Waals surface area contributed by atoms with Gasteiger partial charge in [-0.1, -0.05) is 18.2 Å². The van der Waals surface area contributed by atoms with Crippen molar-refractivity contribution in [2.45, 2.75) is 25.4 Å². The van der Waals surface area contributed by atoms with Crippen LogP contribution >= 0.6 is 11.3 Å². The summed E-state index contributed by atoms with van der Waals surface area (Å²) in [6.45, 7) is 0.752. The number of H-pyrrole nitrogens is 1. The van der Waals surface area contributed by atoms with Crippen LogP contribution in [0.2, 0.25) is 0 Å². The standard InChI is InChI=1S/C20H20N4O3S/c1-23(12-17-21-14-7-3-2-6-13(14)18(25)22-17)19(26)15-8-4-10-24(15)20(27)16-9-5-11-28-16/h2-3,5-7,9,11,15H,4,8,10,12H2,1H3,(H,21,22,25)/t15-/m1/s1. The Hall–Kier alpha value is -3.00. The van der Waals surface area contributed by atoms with E-state index in [1.807, 2.05) is 17.5 Å². The second kappa shape index (κ2) is 7.55. The van der Waals surface area contributed by atoms with Crippen LogP contribution in [0.1, 0.15) is 28.3 Å². The number of benzene rings is 1. The lowest BCUT2D eigenvalue weighted by atomic mass is 10.2. The van der Waals surface area contributed by atoms with E-state index >= 15 is 0 Å². The van der Waals surface area contributed by atoms with E-state index in [0.717, 1.165) is 6.42 Å². The quantitative estimate of drug-likeness (QED) is 0.733. The molecule has 0 unspecified atom stereocenters. The normalized spacial score (nSPS) is 16.5. The van der Waals surface area contributed by atoms with Crippen molar-refractivity contribution in [1.82, 2.24) is 19.8 Å². The number of likely N-dealkylation sites (tertiary alicyclic amines) is 1. The smallest absolute Gasteiger partial charge is 0.264 e. The Balaban J connectivity index is 1.51. The molecule has 0 saturated carbocycles. The van der Waals surface area contributed by atoms with Crippen LogP contribution in [0.5, 0.6) is 0 Å². The summed E-state index contributed by atoms with van der Waals surface area (Å²) in [5, 5.41) is 2.37. The van der Waals surface area contributed by atoms with Gasteiger partial charge in [0.05, 0.1) is 22.3 Å². The Labute approximate surface area is 165 Å². The van der Waals surface area contributed by atoms with Crippen LogP contribution in [0, 0.1) is 0 Å². The number of carbonyl (C=O) groups excluding carboxylic acids is 2. The lowest BCUT2D eigenvalue weighted by molar-refractivity contribution is -0.134. The van der Waals surface area contributed by atoms with Crippen molar-refractivity contribution >= 4 is 34.1 Å². The van der Waals surface area contributed by atoms with Crippen molar-refractivity contribution in [3.8, 4) is 0 Å². The second-order valence-corrected chi connectivity index (χ2v) is 7.81. The van der Waals surface area contributed by atoms with Gasteiger partial charge in [-0.15, -0.1) is 11.3 Å². The Morgan fingerprint density at radius 3 is 2.89 bits per heavy atom. The summed E-state index contributed by atoms with van der Waals surface area (Å²) in [4.78, 5) is 48.9. The van der Waals surface area contributed by atoms with E-state index in [-0.39, 0.29) is 23.9 Å². The number of likely N-dealkylation sites (N-methyl/N-ethyl adjacent to an activating group) is 1. The first-order valence-electron chi connectivity index (χ1n) is 9.12. The predicted octanol–water partition coefficient (Wildman–Crippen LogP) is 2.25. The third-order valence-electron chi connectivity index (χ3n) is 4.96. The fourth-order valence-corrected chi connectivity index (χ4v) is 4.25. The fraction of sp³-hybridized carbons (Fsp3) is 0.300. The number of nitrogens with zero attached hydrogens (tertiary/aromatic N) is 3. The largest absolute Gasteiger partial charge is 0.336 e. The van der Waals surface area contributed by atoms with Crippen molar-refractivity contribution < 1.29 is 9.59 Å². The number of para-hydroxylation sites is 1. The molecule has 2 aromatic heterocycles. The molecule has 8 heteroatoms. The highest BCUT2D eigenvalue weighted by molar-refractivity contribution is 7.12. The molecule has 0 spiro atoms. The lowest BCUT2D eigenvalue weighted by Gasteiger charge is -2.27. The molecule has 0 bridgehead atoms. The Morgan fingerprint density at radius 1 is 1.29 bits per heavy atom. The van der Waals surface area contributed by atoms with E-state index in [0.29, 0.717) is 34.6 Å². The minimum atomic E-state index is -0.480. The average molecular weight is 396 g/mol. The van der Waals surface area contributed by atoms with E-state index in [1.54, 1.807) is 36.2 Å². The average Bonchev–Trinajstić information content (AvgIpc) is 3.39. The zero-order chi connectivity index (χ0) is 19.7. The molecule has 1 atom stereocenters. The van der Waals surface area contributed by atoms with E-state index in [2.05, 4.69) is 9.97 Å². The molecule has 3 heterocycles. The van der Waals surface area contributed by atoms with Crippen LogP contribution in [0.4, 0.5) is 0 Å². The molecule has 1 aliphatic heterocycles. The number of hydrogen-bond donors (Lipinski definition) is 1. The summed E-state index contributed by atoms with van der Waals surface area (Å²) < 4.78 is 0. The van der Waals surface area contributed by atoms with Crippen molar-refractivity contribution in [3.05, 3.63) is 62.8 Å². The van der Waals surface area contributed by atoms with Crippen LogP contribution in [-0.4, -0.2) is 51.2 Å². The van der Waals surface area contributed by atoms with Crippen molar-refractivity contribution in [2.24, 2.45) is 0 Å². The number of hydrogen-bond acceptors (Lipinski definition) is 5. The van der Waals surface area contributed by atoms with Crippen LogP contribution in [0.3, 0.4) is 0 Å². The SMILES string of the molecule is CN(Cc1nc2ccccc2c(=O)[nH]1)C(=O)[C@H]1CCCN1C(=O)c1cccs1. The number of amides is 2. The molecule has 2 amide bonds. The maximum Gasteiger partial charge on any atom is 0.264 e. The van der Waals surface area contributed by atoms with Crippen LogP contribution < -0.4 is 5.56 Å². The summed E-state index contributed by atoms with van der Waals surface area (Å²) in [6, 6.07) is 10.2. The van der Waals surface area contributed by atoms with Crippen molar-refractivity contribution in [3.63, 3.8) is 0 Å². The molecule has 7 nitrogen and oxygen atoms in total. The molecule has 1 aromatic carbocycles. The van der Waals surface area contributed by atoms with E-state index < -0.39 is 6.04 Å². The molecule has 4 rings (SSSR count). The minimum absolute atomic E-state index is 0.100. The van der Waals surface area contributed by atoms with Gasteiger partial charge in [0.15, 0.2) is 0 Å². The summed E-state index contributed by atoms with van der Waals surface area (Å²) in [5.74, 6) is 0.184. The van der Waals surface area contributed by atoms with Gasteiger partial charge < -0.3 is 14.8 Å². The number of fused-ring (bicyclic) bond motifs is 1. The van der Waals surface area contributed by atoms with Gasteiger partial charge in [-0.05, 0) is 36.4 Å². The Bertz CT molecular complexity index is 1080. The number of nitrogens with one attached hydrogen (secondary N) is 1. The summed E-state index contributed by atoms with van der Waals surface area (Å²) in [5.41, 5.74) is 0.370. The maximum atomic E-state index is 13.0. The monoisotopic (exact) mass is 396 g/mol. The second-order valence-electron chi connectivity index (χ2n) is 6.86. The first-order valence-corrected chi connectivity index (χ1v) is 10.00. The number of aromatic amines is 1. The van der Waals surface area contributed by atoms with Gasteiger partial charge >= 0.3 is 0 Å². The highest BCUT2D eigenvalue weighted by Gasteiger charge is 2.36. The third-order valence-corrected chi connectivity index (χ3v) is 5.81. The van der Waals surface area contributed by atoms with E-state index in [4.69, 9.17) is 0 Å². The Morgan fingerprint density at radius 2 is 2.11 bits per heavy atom. The number of thiophene rings is 1. The van der Waals surface area contributed by atoms with E-state index in [9.17, 15) is 14.4 Å². The van der Waals surface area contributed by atoms with Gasteiger partial charge in [-0.3, -0.25) is 14.4 Å². The molecule has 1 aliphatic rings. The first kappa shape index (κ1) is 18.4. The van der Waals surface area contributed by atoms with Gasteiger partial charge in [-0.2, -0.15) is 0 Å². The molecule has 144 valence electrons. The number of rotatable bonds is 4. The highest BCUT2D eigenvalue weighted by atomic mass is 32.1. The molecular weight excluding hydrogens is 376 g/mol. The zero-order valence-electron chi connectivity index (χ0n) is 15.4. The van der Waals surface area contributed by atoms with Crippen LogP contribution in [0.15, 0.2) is 46.6 Å². The molecule has 28 heavy (non-hydrogen) atoms.